The van der Waals surface area contributed by atoms with Crippen LogP contribution < -0.4 is 10.6 Å². The third kappa shape index (κ3) is 3.69. The van der Waals surface area contributed by atoms with Gasteiger partial charge in [-0.05, 0) is 23.3 Å². The molecule has 0 unspecified atom stereocenters. The Hall–Kier alpha value is -4.26. The minimum atomic E-state index is -1.46. The molecule has 0 aromatic heterocycles. The molecule has 31 heavy (non-hydrogen) atoms. The van der Waals surface area contributed by atoms with E-state index in [9.17, 15) is 19.2 Å². The van der Waals surface area contributed by atoms with Gasteiger partial charge in [0.05, 0.1) is 0 Å². The summed E-state index contributed by atoms with van der Waals surface area (Å²) in [5, 5.41) is 4.98. The highest BCUT2D eigenvalue weighted by atomic mass is 16.2. The Bertz CT molecular complexity index is 1090. The van der Waals surface area contributed by atoms with Gasteiger partial charge in [-0.3, -0.25) is 24.6 Å². The Morgan fingerprint density at radius 3 is 1.77 bits per heavy atom. The molecule has 1 saturated heterocycles. The fourth-order valence-electron chi connectivity index (χ4n) is 3.63. The number of amides is 5. The summed E-state index contributed by atoms with van der Waals surface area (Å²) in [6, 6.07) is 25.2. The number of benzene rings is 3. The first kappa shape index (κ1) is 20.0. The summed E-state index contributed by atoms with van der Waals surface area (Å²) in [6.07, 6.45) is 0. The largest absolute Gasteiger partial charge is 0.326 e. The summed E-state index contributed by atoms with van der Waals surface area (Å²) in [7, 11) is 0. The van der Waals surface area contributed by atoms with Crippen LogP contribution in [0.4, 0.5) is 4.79 Å². The van der Waals surface area contributed by atoms with Crippen molar-refractivity contribution in [2.45, 2.75) is 5.54 Å². The number of rotatable bonds is 5. The third-order valence-corrected chi connectivity index (χ3v) is 5.11. The van der Waals surface area contributed by atoms with Gasteiger partial charge in [0.1, 0.15) is 6.54 Å². The molecule has 0 bridgehead atoms. The normalized spacial score (nSPS) is 14.8. The van der Waals surface area contributed by atoms with Crippen LogP contribution in [0.1, 0.15) is 21.5 Å². The van der Waals surface area contributed by atoms with Gasteiger partial charge >= 0.3 is 6.03 Å². The molecule has 7 nitrogen and oxygen atoms in total. The number of hydrogen-bond donors (Lipinski definition) is 2. The Balaban J connectivity index is 1.61. The van der Waals surface area contributed by atoms with Gasteiger partial charge in [0.2, 0.25) is 5.91 Å². The van der Waals surface area contributed by atoms with Crippen molar-refractivity contribution in [3.8, 4) is 0 Å². The van der Waals surface area contributed by atoms with E-state index in [2.05, 4.69) is 10.6 Å². The van der Waals surface area contributed by atoms with Crippen molar-refractivity contribution in [3.63, 3.8) is 0 Å². The second-order valence-corrected chi connectivity index (χ2v) is 7.05. The molecule has 0 atom stereocenters. The standard InChI is InChI=1S/C24H19N3O4/c28-20(25-21(29)17-10-4-1-5-11-17)16-27-22(30)24(26-23(27)31,18-12-6-2-7-13-18)19-14-8-3-9-15-19/h1-15H,16H2,(H,26,31)(H,25,28,29). The van der Waals surface area contributed by atoms with Crippen molar-refractivity contribution in [1.82, 2.24) is 15.5 Å². The van der Waals surface area contributed by atoms with E-state index in [4.69, 9.17) is 0 Å². The lowest BCUT2D eigenvalue weighted by Gasteiger charge is -2.27. The minimum Gasteiger partial charge on any atom is -0.315 e. The lowest BCUT2D eigenvalue weighted by molar-refractivity contribution is -0.134. The molecule has 3 aromatic carbocycles. The van der Waals surface area contributed by atoms with Crippen molar-refractivity contribution < 1.29 is 19.2 Å². The van der Waals surface area contributed by atoms with Gasteiger partial charge in [0.15, 0.2) is 5.54 Å². The van der Waals surface area contributed by atoms with Crippen LogP contribution in [-0.4, -0.2) is 35.2 Å². The lowest BCUT2D eigenvalue weighted by atomic mass is 9.82. The van der Waals surface area contributed by atoms with Crippen LogP contribution in [0.3, 0.4) is 0 Å². The molecular formula is C24H19N3O4. The van der Waals surface area contributed by atoms with Crippen LogP contribution in [0.5, 0.6) is 0 Å². The highest BCUT2D eigenvalue weighted by molar-refractivity contribution is 6.13. The number of hydrogen-bond acceptors (Lipinski definition) is 4. The number of carbonyl (C=O) groups excluding carboxylic acids is 4. The van der Waals surface area contributed by atoms with Gasteiger partial charge in [-0.1, -0.05) is 78.9 Å². The van der Waals surface area contributed by atoms with Crippen molar-refractivity contribution >= 4 is 23.8 Å². The maximum Gasteiger partial charge on any atom is 0.326 e. The Labute approximate surface area is 178 Å². The van der Waals surface area contributed by atoms with Gasteiger partial charge in [-0.25, -0.2) is 4.79 Å². The van der Waals surface area contributed by atoms with Gasteiger partial charge in [0.25, 0.3) is 11.8 Å². The van der Waals surface area contributed by atoms with Gasteiger partial charge < -0.3 is 5.32 Å². The second kappa shape index (κ2) is 8.23. The van der Waals surface area contributed by atoms with Gasteiger partial charge in [-0.15, -0.1) is 0 Å². The van der Waals surface area contributed by atoms with E-state index in [0.717, 1.165) is 4.90 Å². The molecule has 1 heterocycles. The molecule has 0 saturated carbocycles. The average Bonchev–Trinajstić information content (AvgIpc) is 3.06. The second-order valence-electron chi connectivity index (χ2n) is 7.05. The Morgan fingerprint density at radius 1 is 0.774 bits per heavy atom. The van der Waals surface area contributed by atoms with E-state index < -0.39 is 35.8 Å². The summed E-state index contributed by atoms with van der Waals surface area (Å²) >= 11 is 0. The monoisotopic (exact) mass is 413 g/mol. The van der Waals surface area contributed by atoms with Crippen LogP contribution in [0, 0.1) is 0 Å². The summed E-state index contributed by atoms with van der Waals surface area (Å²) < 4.78 is 0. The van der Waals surface area contributed by atoms with Crippen molar-refractivity contribution in [3.05, 3.63) is 108 Å². The van der Waals surface area contributed by atoms with E-state index in [1.165, 1.54) is 0 Å². The summed E-state index contributed by atoms with van der Waals surface area (Å²) in [6.45, 7) is -0.579. The Kier molecular flexibility index (Phi) is 5.32. The van der Waals surface area contributed by atoms with Crippen LogP contribution >= 0.6 is 0 Å². The highest BCUT2D eigenvalue weighted by Gasteiger charge is 2.54. The number of imide groups is 2. The first-order valence-corrected chi connectivity index (χ1v) is 9.67. The quantitative estimate of drug-likeness (QED) is 0.628. The van der Waals surface area contributed by atoms with E-state index in [1.54, 1.807) is 78.9 Å². The molecule has 1 fully saturated rings. The van der Waals surface area contributed by atoms with Crippen LogP contribution in [-0.2, 0) is 15.1 Å². The minimum absolute atomic E-state index is 0.302. The first-order valence-electron chi connectivity index (χ1n) is 9.67. The van der Waals surface area contributed by atoms with E-state index in [0.29, 0.717) is 16.7 Å². The molecule has 5 amide bonds. The lowest BCUT2D eigenvalue weighted by Crippen LogP contribution is -2.46. The predicted molar refractivity (Wildman–Crippen MR) is 113 cm³/mol. The Morgan fingerprint density at radius 2 is 1.26 bits per heavy atom. The van der Waals surface area contributed by atoms with E-state index in [-0.39, 0.29) is 0 Å². The third-order valence-electron chi connectivity index (χ3n) is 5.11. The molecule has 0 spiro atoms. The SMILES string of the molecule is O=C(CN1C(=O)NC(c2ccccc2)(c2ccccc2)C1=O)NC(=O)c1ccccc1. The molecule has 154 valence electrons. The number of nitrogens with zero attached hydrogens (tertiary/aromatic N) is 1. The maximum absolute atomic E-state index is 13.5. The van der Waals surface area contributed by atoms with Crippen LogP contribution in [0.2, 0.25) is 0 Å². The fraction of sp³-hybridized carbons (Fsp3) is 0.0833. The highest BCUT2D eigenvalue weighted by Crippen LogP contribution is 2.35. The van der Waals surface area contributed by atoms with Crippen molar-refractivity contribution in [2.24, 2.45) is 0 Å². The van der Waals surface area contributed by atoms with E-state index in [1.807, 2.05) is 12.1 Å². The zero-order valence-electron chi connectivity index (χ0n) is 16.4. The van der Waals surface area contributed by atoms with Crippen molar-refractivity contribution in [1.29, 1.82) is 0 Å². The van der Waals surface area contributed by atoms with Gasteiger partial charge in [0, 0.05) is 5.56 Å². The molecule has 0 radical (unpaired) electrons. The molecule has 4 rings (SSSR count). The molecular weight excluding hydrogens is 394 g/mol. The molecule has 1 aliphatic heterocycles. The summed E-state index contributed by atoms with van der Waals surface area (Å²) in [4.78, 5) is 51.8. The van der Waals surface area contributed by atoms with Crippen LogP contribution in [0.25, 0.3) is 0 Å². The smallest absolute Gasteiger partial charge is 0.315 e. The van der Waals surface area contributed by atoms with Crippen molar-refractivity contribution in [2.75, 3.05) is 6.54 Å². The topological polar surface area (TPSA) is 95.6 Å². The molecule has 7 heteroatoms. The predicted octanol–water partition coefficient (Wildman–Crippen LogP) is 2.44. The average molecular weight is 413 g/mol. The van der Waals surface area contributed by atoms with Gasteiger partial charge in [-0.2, -0.15) is 0 Å². The zero-order valence-corrected chi connectivity index (χ0v) is 16.4. The number of carbonyl (C=O) groups is 4. The van der Waals surface area contributed by atoms with E-state index >= 15 is 0 Å². The molecule has 2 N–H and O–H groups in total. The number of urea groups is 1. The molecule has 3 aromatic rings. The summed E-state index contributed by atoms with van der Waals surface area (Å²) in [5.74, 6) is -1.94. The summed E-state index contributed by atoms with van der Waals surface area (Å²) in [5.41, 5.74) is -0.00910. The number of nitrogens with one attached hydrogen (secondary N) is 2. The molecule has 0 aliphatic carbocycles. The maximum atomic E-state index is 13.5. The zero-order chi connectivity index (χ0) is 21.8. The van der Waals surface area contributed by atoms with Crippen LogP contribution in [0.15, 0.2) is 91.0 Å². The fourth-order valence-corrected chi connectivity index (χ4v) is 3.63. The molecule has 1 aliphatic rings. The first-order chi connectivity index (χ1) is 15.0.